The van der Waals surface area contributed by atoms with Crippen LogP contribution in [0.3, 0.4) is 0 Å². The third-order valence-electron chi connectivity index (χ3n) is 6.61. The summed E-state index contributed by atoms with van der Waals surface area (Å²) in [7, 11) is 1.70. The summed E-state index contributed by atoms with van der Waals surface area (Å²) in [6.45, 7) is 3.01. The summed E-state index contributed by atoms with van der Waals surface area (Å²) in [5.74, 6) is 3.80. The number of aryl methyl sites for hydroxylation is 1. The van der Waals surface area contributed by atoms with Gasteiger partial charge in [0.25, 0.3) is 0 Å². The van der Waals surface area contributed by atoms with Gasteiger partial charge in [-0.25, -0.2) is 9.97 Å². The van der Waals surface area contributed by atoms with Crippen LogP contribution in [-0.2, 0) is 0 Å². The zero-order valence-corrected chi connectivity index (χ0v) is 19.1. The Kier molecular flexibility index (Phi) is 5.90. The first kappa shape index (κ1) is 20.4. The Labute approximate surface area is 188 Å². The molecule has 31 heavy (non-hydrogen) atoms. The summed E-state index contributed by atoms with van der Waals surface area (Å²) in [4.78, 5) is 15.2. The first-order valence-electron chi connectivity index (χ1n) is 11.4. The highest BCUT2D eigenvalue weighted by molar-refractivity contribution is 7.15. The van der Waals surface area contributed by atoms with Crippen molar-refractivity contribution in [3.8, 4) is 16.2 Å². The van der Waals surface area contributed by atoms with Crippen LogP contribution in [0.5, 0.6) is 5.75 Å². The maximum Gasteiger partial charge on any atom is 0.140 e. The third-order valence-corrected chi connectivity index (χ3v) is 7.82. The van der Waals surface area contributed by atoms with Crippen LogP contribution in [0.1, 0.15) is 66.8 Å². The van der Waals surface area contributed by atoms with Gasteiger partial charge >= 0.3 is 0 Å². The molecule has 3 aromatic heterocycles. The average Bonchev–Trinajstić information content (AvgIpc) is 3.54. The Morgan fingerprint density at radius 2 is 1.84 bits per heavy atom. The molecule has 0 aromatic carbocycles. The van der Waals surface area contributed by atoms with Crippen LogP contribution in [0.2, 0.25) is 0 Å². The quantitative estimate of drug-likeness (QED) is 0.481. The maximum atomic E-state index is 5.35. The van der Waals surface area contributed by atoms with Crippen molar-refractivity contribution < 1.29 is 4.74 Å². The van der Waals surface area contributed by atoms with Gasteiger partial charge in [0.2, 0.25) is 0 Å². The molecule has 2 fully saturated rings. The highest BCUT2D eigenvalue weighted by Crippen LogP contribution is 2.43. The Balaban J connectivity index is 1.15. The highest BCUT2D eigenvalue weighted by atomic mass is 32.1. The second kappa shape index (κ2) is 8.95. The number of nitrogens with zero attached hydrogens (tertiary/aromatic N) is 3. The molecule has 2 aliphatic rings. The number of pyridine rings is 2. The lowest BCUT2D eigenvalue weighted by Crippen LogP contribution is -2.21. The summed E-state index contributed by atoms with van der Waals surface area (Å²) < 4.78 is 5.35. The third kappa shape index (κ3) is 4.74. The molecule has 3 aromatic rings. The van der Waals surface area contributed by atoms with E-state index >= 15 is 0 Å². The fourth-order valence-corrected chi connectivity index (χ4v) is 5.63. The molecule has 2 saturated carbocycles. The summed E-state index contributed by atoms with van der Waals surface area (Å²) in [6.07, 6.45) is 11.4. The number of anilines is 1. The second-order valence-corrected chi connectivity index (χ2v) is 9.95. The van der Waals surface area contributed by atoms with Crippen LogP contribution in [0, 0.1) is 12.8 Å². The summed E-state index contributed by atoms with van der Waals surface area (Å²) in [5, 5.41) is 4.88. The van der Waals surface area contributed by atoms with E-state index in [0.29, 0.717) is 17.8 Å². The number of thiazole rings is 1. The van der Waals surface area contributed by atoms with E-state index in [9.17, 15) is 0 Å². The van der Waals surface area contributed by atoms with E-state index < -0.39 is 0 Å². The molecule has 5 rings (SSSR count). The highest BCUT2D eigenvalue weighted by Gasteiger charge is 2.27. The summed E-state index contributed by atoms with van der Waals surface area (Å²) in [6, 6.07) is 8.45. The number of methoxy groups -OCH3 is 1. The largest absolute Gasteiger partial charge is 0.495 e. The second-order valence-electron chi connectivity index (χ2n) is 8.89. The Hall–Kier alpha value is -2.47. The average molecular weight is 435 g/mol. The molecule has 2 aliphatic carbocycles. The molecule has 0 saturated heterocycles. The topological polar surface area (TPSA) is 59.9 Å². The van der Waals surface area contributed by atoms with Gasteiger partial charge in [0.15, 0.2) is 0 Å². The number of aromatic nitrogens is 3. The van der Waals surface area contributed by atoms with E-state index in [-0.39, 0.29) is 0 Å². The van der Waals surface area contributed by atoms with Crippen LogP contribution in [0.4, 0.5) is 5.82 Å². The number of hydrogen-bond donors (Lipinski definition) is 1. The first-order valence-corrected chi connectivity index (χ1v) is 12.2. The van der Waals surface area contributed by atoms with Crippen molar-refractivity contribution >= 4 is 17.2 Å². The predicted molar refractivity (Wildman–Crippen MR) is 126 cm³/mol. The van der Waals surface area contributed by atoms with Gasteiger partial charge in [0.1, 0.15) is 11.6 Å². The minimum Gasteiger partial charge on any atom is -0.495 e. The monoisotopic (exact) mass is 434 g/mol. The van der Waals surface area contributed by atoms with Crippen molar-refractivity contribution in [3.05, 3.63) is 53.1 Å². The van der Waals surface area contributed by atoms with Gasteiger partial charge in [0, 0.05) is 36.5 Å². The molecular weight excluding hydrogens is 404 g/mol. The van der Waals surface area contributed by atoms with E-state index in [1.807, 2.05) is 30.7 Å². The molecule has 162 valence electrons. The standard InChI is InChI=1S/C25H30N4OS/c1-16-22(30-2)10-9-21(29-16)18-5-3-17(4-6-18)14-27-24-13-20(11-12-26-24)23-15-28-25(31-23)19-7-8-19/h9-13,15,17-19H,3-8,14H2,1-2H3,(H,26,27). The minimum absolute atomic E-state index is 0.564. The van der Waals surface area contributed by atoms with Gasteiger partial charge in [-0.1, -0.05) is 0 Å². The van der Waals surface area contributed by atoms with Gasteiger partial charge < -0.3 is 10.1 Å². The van der Waals surface area contributed by atoms with E-state index in [2.05, 4.69) is 39.6 Å². The van der Waals surface area contributed by atoms with Crippen molar-refractivity contribution in [2.24, 2.45) is 5.92 Å². The molecule has 0 amide bonds. The number of nitrogens with one attached hydrogen (secondary N) is 1. The first-order chi connectivity index (χ1) is 15.2. The molecular formula is C25H30N4OS. The van der Waals surface area contributed by atoms with Crippen molar-refractivity contribution in [3.63, 3.8) is 0 Å². The van der Waals surface area contributed by atoms with Gasteiger partial charge in [-0.2, -0.15) is 0 Å². The van der Waals surface area contributed by atoms with Crippen LogP contribution >= 0.6 is 11.3 Å². The lowest BCUT2D eigenvalue weighted by Gasteiger charge is -2.28. The van der Waals surface area contributed by atoms with Crippen molar-refractivity contribution in [2.45, 2.75) is 57.3 Å². The Bertz CT molecular complexity index is 1040. The fraction of sp³-hybridized carbons (Fsp3) is 0.480. The molecule has 5 nitrogen and oxygen atoms in total. The minimum atomic E-state index is 0.564. The number of ether oxygens (including phenoxy) is 1. The van der Waals surface area contributed by atoms with Crippen molar-refractivity contribution in [2.75, 3.05) is 19.0 Å². The van der Waals surface area contributed by atoms with Crippen LogP contribution < -0.4 is 10.1 Å². The molecule has 6 heteroatoms. The van der Waals surface area contributed by atoms with Crippen molar-refractivity contribution in [1.29, 1.82) is 0 Å². The Morgan fingerprint density at radius 3 is 2.58 bits per heavy atom. The lowest BCUT2D eigenvalue weighted by molar-refractivity contribution is 0.334. The normalized spacial score (nSPS) is 21.1. The van der Waals surface area contributed by atoms with E-state index in [1.165, 1.54) is 59.7 Å². The molecule has 0 bridgehead atoms. The van der Waals surface area contributed by atoms with Gasteiger partial charge in [-0.05, 0) is 81.2 Å². The predicted octanol–water partition coefficient (Wildman–Crippen LogP) is 6.18. The van der Waals surface area contributed by atoms with E-state index in [1.54, 1.807) is 7.11 Å². The van der Waals surface area contributed by atoms with Gasteiger partial charge in [-0.15, -0.1) is 11.3 Å². The zero-order chi connectivity index (χ0) is 21.2. The van der Waals surface area contributed by atoms with Gasteiger partial charge in [-0.3, -0.25) is 4.98 Å². The van der Waals surface area contributed by atoms with Crippen LogP contribution in [0.25, 0.3) is 10.4 Å². The van der Waals surface area contributed by atoms with Crippen molar-refractivity contribution in [1.82, 2.24) is 15.0 Å². The molecule has 0 radical (unpaired) electrons. The van der Waals surface area contributed by atoms with Crippen LogP contribution in [-0.4, -0.2) is 28.6 Å². The summed E-state index contributed by atoms with van der Waals surface area (Å²) >= 11 is 1.83. The van der Waals surface area contributed by atoms with Gasteiger partial charge in [0.05, 0.1) is 22.7 Å². The van der Waals surface area contributed by atoms with E-state index in [4.69, 9.17) is 9.72 Å². The molecule has 0 aliphatic heterocycles. The smallest absolute Gasteiger partial charge is 0.140 e. The zero-order valence-electron chi connectivity index (χ0n) is 18.3. The molecule has 3 heterocycles. The molecule has 0 spiro atoms. The maximum absolute atomic E-state index is 5.35. The number of hydrogen-bond acceptors (Lipinski definition) is 6. The molecule has 0 unspecified atom stereocenters. The fourth-order valence-electron chi connectivity index (χ4n) is 4.54. The van der Waals surface area contributed by atoms with Crippen LogP contribution in [0.15, 0.2) is 36.7 Å². The molecule has 1 N–H and O–H groups in total. The Morgan fingerprint density at radius 1 is 1.03 bits per heavy atom. The number of rotatable bonds is 7. The summed E-state index contributed by atoms with van der Waals surface area (Å²) in [5.41, 5.74) is 3.42. The molecule has 0 atom stereocenters. The van der Waals surface area contributed by atoms with E-state index in [0.717, 1.165) is 23.8 Å². The SMILES string of the molecule is COc1ccc(C2CCC(CNc3cc(-c4cnc(C5CC5)s4)ccn3)CC2)nc1C. The lowest BCUT2D eigenvalue weighted by atomic mass is 9.80.